The lowest BCUT2D eigenvalue weighted by Crippen LogP contribution is -2.58. The Hall–Kier alpha value is -6.50. The van der Waals surface area contributed by atoms with Gasteiger partial charge in [-0.3, -0.25) is 29.4 Å². The number of aliphatic hydroxyl groups is 1. The fraction of sp³-hybridized carbons (Fsp3) is 0.471. The first-order chi connectivity index (χ1) is 33.5. The van der Waals surface area contributed by atoms with Gasteiger partial charge in [-0.15, -0.1) is 0 Å². The van der Waals surface area contributed by atoms with Crippen molar-refractivity contribution in [3.63, 3.8) is 0 Å². The van der Waals surface area contributed by atoms with E-state index >= 15 is 4.39 Å². The highest BCUT2D eigenvalue weighted by atomic mass is 19.1. The lowest BCUT2D eigenvalue weighted by molar-refractivity contribution is -0.136. The number of nitrogens with zero attached hydrogens (tertiary/aromatic N) is 10. The van der Waals surface area contributed by atoms with Gasteiger partial charge in [-0.2, -0.15) is 4.98 Å². The summed E-state index contributed by atoms with van der Waals surface area (Å²) in [5.74, 6) is 0.469. The maximum absolute atomic E-state index is 16.0. The maximum Gasteiger partial charge on any atom is 0.278 e. The number of pyridine rings is 1. The topological polar surface area (TPSA) is 177 Å². The number of anilines is 4. The molecule has 4 fully saturated rings. The molecule has 5 aromatic rings. The predicted molar refractivity (Wildman–Crippen MR) is 260 cm³/mol. The Labute approximate surface area is 399 Å². The summed E-state index contributed by atoms with van der Waals surface area (Å²) >= 11 is 0. The number of carbonyl (C=O) groups excluding carboxylic acids is 3. The SMILES string of the molecule is C[C@@]1(O)CC/C=C\Cn2c(=O)c3cnc(Nc4ccc(N5CCN([C@@H]6CCN(CC7CCN(c8ccc9c(c8)C(=O)N(C8CCC(=O)NC8=O)C9)CC7)C[C@@H]6F)CC5)cc4)nc3n2-c2cccc1n2. The van der Waals surface area contributed by atoms with Crippen molar-refractivity contribution in [1.29, 1.82) is 0 Å². The number of allylic oxidation sites excluding steroid dienone is 2. The molecule has 4 saturated heterocycles. The zero-order valence-corrected chi connectivity index (χ0v) is 39.0. The van der Waals surface area contributed by atoms with Crippen molar-refractivity contribution in [3.05, 3.63) is 106 Å². The van der Waals surface area contributed by atoms with Crippen molar-refractivity contribution in [2.24, 2.45) is 5.92 Å². The van der Waals surface area contributed by atoms with Gasteiger partial charge in [-0.25, -0.2) is 23.7 Å². The van der Waals surface area contributed by atoms with E-state index in [-0.39, 0.29) is 29.8 Å². The molecule has 18 heteroatoms. The zero-order valence-electron chi connectivity index (χ0n) is 39.0. The van der Waals surface area contributed by atoms with Gasteiger partial charge in [0.25, 0.3) is 11.5 Å². The number of alkyl halides is 1. The minimum atomic E-state index is -1.13. The molecule has 6 aliphatic heterocycles. The normalized spacial score (nSPS) is 25.6. The number of nitrogens with one attached hydrogen (secondary N) is 2. The summed E-state index contributed by atoms with van der Waals surface area (Å²) in [6.07, 6.45) is 9.10. The molecular formula is C51H59FN12O5. The van der Waals surface area contributed by atoms with Crippen LogP contribution in [0.15, 0.2) is 83.8 Å². The van der Waals surface area contributed by atoms with Crippen LogP contribution in [0.5, 0.6) is 0 Å². The molecule has 0 spiro atoms. The number of rotatable bonds is 8. The molecular weight excluding hydrogens is 880 g/mol. The molecule has 11 rings (SSSR count). The number of piperazine rings is 1. The van der Waals surface area contributed by atoms with Gasteiger partial charge in [0.1, 0.15) is 23.2 Å². The highest BCUT2D eigenvalue weighted by Gasteiger charge is 2.40. The average molecular weight is 939 g/mol. The van der Waals surface area contributed by atoms with Gasteiger partial charge < -0.3 is 30.0 Å². The third-order valence-corrected chi connectivity index (χ3v) is 15.3. The van der Waals surface area contributed by atoms with Crippen molar-refractivity contribution in [2.75, 3.05) is 74.0 Å². The fourth-order valence-electron chi connectivity index (χ4n) is 11.3. The van der Waals surface area contributed by atoms with Gasteiger partial charge in [0.2, 0.25) is 17.8 Å². The van der Waals surface area contributed by atoms with E-state index in [1.807, 2.05) is 48.6 Å². The molecule has 2 bridgehead atoms. The number of hydrogen-bond acceptors (Lipinski definition) is 13. The molecule has 3 N–H and O–H groups in total. The predicted octanol–water partition coefficient (Wildman–Crippen LogP) is 4.49. The monoisotopic (exact) mass is 938 g/mol. The Balaban J connectivity index is 0.654. The summed E-state index contributed by atoms with van der Waals surface area (Å²) in [6, 6.07) is 18.9. The summed E-state index contributed by atoms with van der Waals surface area (Å²) in [4.78, 5) is 76.2. The van der Waals surface area contributed by atoms with Gasteiger partial charge in [0.05, 0.1) is 12.2 Å². The third kappa shape index (κ3) is 8.89. The van der Waals surface area contributed by atoms with E-state index in [4.69, 9.17) is 9.97 Å². The van der Waals surface area contributed by atoms with Gasteiger partial charge in [0, 0.05) is 100 Å². The summed E-state index contributed by atoms with van der Waals surface area (Å²) in [7, 11) is 0. The molecule has 2 aromatic carbocycles. The second-order valence-electron chi connectivity index (χ2n) is 19.8. The van der Waals surface area contributed by atoms with Crippen LogP contribution in [-0.2, 0) is 28.3 Å². The smallest absolute Gasteiger partial charge is 0.278 e. The largest absolute Gasteiger partial charge is 0.384 e. The second-order valence-corrected chi connectivity index (χ2v) is 19.8. The van der Waals surface area contributed by atoms with E-state index in [1.54, 1.807) is 33.5 Å². The van der Waals surface area contributed by atoms with Crippen molar-refractivity contribution in [3.8, 4) is 5.82 Å². The van der Waals surface area contributed by atoms with Gasteiger partial charge >= 0.3 is 0 Å². The average Bonchev–Trinajstić information content (AvgIpc) is 3.82. The third-order valence-electron chi connectivity index (χ3n) is 15.3. The van der Waals surface area contributed by atoms with Crippen LogP contribution in [0.1, 0.15) is 73.5 Å². The first kappa shape index (κ1) is 45.0. The first-order valence-electron chi connectivity index (χ1n) is 24.5. The van der Waals surface area contributed by atoms with E-state index in [2.05, 4.69) is 53.4 Å². The van der Waals surface area contributed by atoms with E-state index < -0.39 is 23.7 Å². The van der Waals surface area contributed by atoms with E-state index in [0.29, 0.717) is 78.9 Å². The molecule has 3 amide bonds. The number of hydrogen-bond donors (Lipinski definition) is 3. The summed E-state index contributed by atoms with van der Waals surface area (Å²) < 4.78 is 19.3. The van der Waals surface area contributed by atoms with Crippen LogP contribution in [0.2, 0.25) is 0 Å². The van der Waals surface area contributed by atoms with Crippen molar-refractivity contribution >= 4 is 51.8 Å². The molecule has 0 aliphatic carbocycles. The first-order valence-corrected chi connectivity index (χ1v) is 24.5. The molecule has 17 nitrogen and oxygen atoms in total. The van der Waals surface area contributed by atoms with Crippen LogP contribution in [0, 0.1) is 5.92 Å². The lowest BCUT2D eigenvalue weighted by Gasteiger charge is -2.45. The minimum Gasteiger partial charge on any atom is -0.384 e. The van der Waals surface area contributed by atoms with E-state index in [0.717, 1.165) is 94.2 Å². The number of likely N-dealkylation sites (tertiary alicyclic amines) is 1. The van der Waals surface area contributed by atoms with E-state index in [9.17, 15) is 24.3 Å². The molecule has 4 atom stereocenters. The Bertz CT molecular complexity index is 2870. The Kier molecular flexibility index (Phi) is 12.0. The number of aromatic nitrogens is 5. The molecule has 69 heavy (non-hydrogen) atoms. The summed E-state index contributed by atoms with van der Waals surface area (Å²) in [6.45, 7) is 9.66. The van der Waals surface area contributed by atoms with Crippen LogP contribution >= 0.6 is 0 Å². The van der Waals surface area contributed by atoms with Gasteiger partial charge in [-0.1, -0.05) is 24.3 Å². The number of halogens is 1. The quantitative estimate of drug-likeness (QED) is 0.147. The highest BCUT2D eigenvalue weighted by molar-refractivity contribution is 6.05. The number of amides is 3. The van der Waals surface area contributed by atoms with Crippen LogP contribution in [-0.4, -0.2) is 139 Å². The Morgan fingerprint density at radius 3 is 2.43 bits per heavy atom. The molecule has 6 aliphatic rings. The van der Waals surface area contributed by atoms with Crippen molar-refractivity contribution in [2.45, 2.75) is 88.8 Å². The lowest BCUT2D eigenvalue weighted by atomic mass is 9.93. The van der Waals surface area contributed by atoms with E-state index in [1.165, 1.54) is 0 Å². The molecule has 360 valence electrons. The zero-order chi connectivity index (χ0) is 47.4. The van der Waals surface area contributed by atoms with Crippen LogP contribution in [0.3, 0.4) is 0 Å². The molecule has 9 heterocycles. The molecule has 3 aromatic heterocycles. The van der Waals surface area contributed by atoms with Crippen LogP contribution in [0.4, 0.5) is 27.4 Å². The standard InChI is InChI=1S/C51H59FN12O5/c1-51(69)19-3-2-4-20-63-49(68)39-29-53-50(57-46(39)64(63)44-7-5-6-43(51)55-44)54-35-9-12-36(13-10-35)60-24-26-61(27-25-60)41-18-21-58(32-40(41)52)30-33-16-22-59(23-17-33)37-11-8-34-31-62(48(67)38(34)28-37)42-14-15-45(65)56-47(42)66/h2,4-13,28-29,33,40-42,69H,3,14-27,30-32H2,1H3,(H,53,54,57)(H,56,65,66)/b4-2-/t40-,41+,42?,51+/m0/s1. The van der Waals surface area contributed by atoms with Crippen molar-refractivity contribution in [1.82, 2.24) is 44.3 Å². The molecule has 1 unspecified atom stereocenters. The summed E-state index contributed by atoms with van der Waals surface area (Å²) in [5, 5.41) is 17.2. The van der Waals surface area contributed by atoms with Gasteiger partial charge in [0.15, 0.2) is 11.5 Å². The fourth-order valence-corrected chi connectivity index (χ4v) is 11.3. The maximum atomic E-state index is 16.0. The number of piperidine rings is 3. The second kappa shape index (κ2) is 18.4. The molecule has 0 radical (unpaired) electrons. The Morgan fingerprint density at radius 2 is 1.65 bits per heavy atom. The molecule has 0 saturated carbocycles. The van der Waals surface area contributed by atoms with Crippen LogP contribution < -0.4 is 26.0 Å². The van der Waals surface area contributed by atoms with Crippen molar-refractivity contribution < 1.29 is 23.9 Å². The Morgan fingerprint density at radius 1 is 0.870 bits per heavy atom. The number of carbonyl (C=O) groups is 3. The number of benzene rings is 2. The summed E-state index contributed by atoms with van der Waals surface area (Å²) in [5.41, 5.74) is 4.03. The minimum absolute atomic E-state index is 0.0804. The van der Waals surface area contributed by atoms with Gasteiger partial charge in [-0.05, 0) is 112 Å². The number of imide groups is 1. The highest BCUT2D eigenvalue weighted by Crippen LogP contribution is 2.34. The van der Waals surface area contributed by atoms with Crippen LogP contribution in [0.25, 0.3) is 16.9 Å². The number of fused-ring (bicyclic) bond motifs is 7.